The maximum Gasteiger partial charge on any atom is 0.0349 e. The van der Waals surface area contributed by atoms with Gasteiger partial charge < -0.3 is 0 Å². The fourth-order valence-electron chi connectivity index (χ4n) is 5.54. The van der Waals surface area contributed by atoms with Crippen LogP contribution >= 0.6 is 11.3 Å². The summed E-state index contributed by atoms with van der Waals surface area (Å²) in [7, 11) is 0. The molecule has 1 heterocycles. The van der Waals surface area contributed by atoms with Gasteiger partial charge in [-0.1, -0.05) is 149 Å². The molecule has 0 saturated heterocycles. The summed E-state index contributed by atoms with van der Waals surface area (Å²) in [4.78, 5) is 2.63. The molecule has 0 unspecified atom stereocenters. The first-order valence-electron chi connectivity index (χ1n) is 15.7. The van der Waals surface area contributed by atoms with Crippen molar-refractivity contribution in [1.82, 2.24) is 0 Å². The van der Waals surface area contributed by atoms with E-state index in [0.717, 1.165) is 0 Å². The van der Waals surface area contributed by atoms with Crippen LogP contribution in [0.4, 0.5) is 0 Å². The van der Waals surface area contributed by atoms with Crippen molar-refractivity contribution in [3.05, 3.63) is 120 Å². The van der Waals surface area contributed by atoms with E-state index in [1.807, 2.05) is 11.3 Å². The Morgan fingerprint density at radius 3 is 1.00 bits per heavy atom. The van der Waals surface area contributed by atoms with Crippen molar-refractivity contribution < 1.29 is 0 Å². The lowest BCUT2D eigenvalue weighted by Gasteiger charge is -2.06. The minimum atomic E-state index is 1.19. The lowest BCUT2D eigenvalue weighted by Crippen LogP contribution is -1.86. The van der Waals surface area contributed by atoms with E-state index in [1.54, 1.807) is 0 Å². The summed E-state index contributed by atoms with van der Waals surface area (Å²) < 4.78 is 0. The van der Waals surface area contributed by atoms with Gasteiger partial charge in [-0.3, -0.25) is 0 Å². The highest BCUT2D eigenvalue weighted by molar-refractivity contribution is 7.18. The van der Waals surface area contributed by atoms with Gasteiger partial charge in [0.25, 0.3) is 0 Å². The Balaban J connectivity index is 1.19. The van der Waals surface area contributed by atoms with Gasteiger partial charge in [0.1, 0.15) is 0 Å². The molecule has 0 N–H and O–H groups in total. The largest absolute Gasteiger partial charge is 0.135 e. The van der Waals surface area contributed by atoms with Crippen LogP contribution in [0.2, 0.25) is 0 Å². The fraction of sp³-hybridized carbons (Fsp3) is 0.300. The van der Waals surface area contributed by atoms with Crippen LogP contribution < -0.4 is 0 Å². The molecule has 0 nitrogen and oxygen atoms in total. The van der Waals surface area contributed by atoms with Crippen molar-refractivity contribution in [1.29, 1.82) is 0 Å². The van der Waals surface area contributed by atoms with Gasteiger partial charge in [-0.15, -0.1) is 11.3 Å². The van der Waals surface area contributed by atoms with Crippen LogP contribution in [0.15, 0.2) is 109 Å². The molecule has 0 spiro atoms. The summed E-state index contributed by atoms with van der Waals surface area (Å²) in [5.74, 6) is 0. The monoisotopic (exact) mass is 556 g/mol. The average Bonchev–Trinajstić information content (AvgIpc) is 3.53. The van der Waals surface area contributed by atoms with Crippen LogP contribution in [-0.2, 0) is 12.8 Å². The molecule has 0 aliphatic rings. The zero-order chi connectivity index (χ0) is 28.3. The van der Waals surface area contributed by atoms with Gasteiger partial charge in [-0.25, -0.2) is 0 Å². The first-order valence-corrected chi connectivity index (χ1v) is 16.5. The van der Waals surface area contributed by atoms with Gasteiger partial charge in [0.15, 0.2) is 0 Å². The lowest BCUT2D eigenvalue weighted by atomic mass is 10.00. The van der Waals surface area contributed by atoms with E-state index >= 15 is 0 Å². The van der Waals surface area contributed by atoms with Crippen molar-refractivity contribution in [2.45, 2.75) is 78.1 Å². The van der Waals surface area contributed by atoms with Crippen LogP contribution in [0.3, 0.4) is 0 Å². The zero-order valence-electron chi connectivity index (χ0n) is 24.9. The number of benzene rings is 4. The summed E-state index contributed by atoms with van der Waals surface area (Å²) in [5.41, 5.74) is 10.6. The normalized spacial score (nSPS) is 11.2. The van der Waals surface area contributed by atoms with Gasteiger partial charge in [0, 0.05) is 9.75 Å². The number of hydrogen-bond donors (Lipinski definition) is 0. The quantitative estimate of drug-likeness (QED) is 0.119. The average molecular weight is 557 g/mol. The van der Waals surface area contributed by atoms with Crippen molar-refractivity contribution in [3.63, 3.8) is 0 Å². The van der Waals surface area contributed by atoms with E-state index in [1.165, 1.54) is 118 Å². The minimum absolute atomic E-state index is 1.19. The van der Waals surface area contributed by atoms with Gasteiger partial charge in [-0.05, 0) is 82.3 Å². The molecule has 1 heteroatoms. The minimum Gasteiger partial charge on any atom is -0.135 e. The van der Waals surface area contributed by atoms with Crippen LogP contribution in [0.1, 0.15) is 76.3 Å². The van der Waals surface area contributed by atoms with Crippen molar-refractivity contribution in [2.75, 3.05) is 0 Å². The maximum absolute atomic E-state index is 2.30. The third kappa shape index (κ3) is 8.08. The summed E-state index contributed by atoms with van der Waals surface area (Å²) >= 11 is 1.87. The molecule has 0 amide bonds. The highest BCUT2D eigenvalue weighted by atomic mass is 32.1. The molecule has 0 atom stereocenters. The molecular weight excluding hydrogens is 513 g/mol. The van der Waals surface area contributed by atoms with Gasteiger partial charge >= 0.3 is 0 Å². The molecule has 5 rings (SSSR count). The number of rotatable bonds is 14. The predicted molar refractivity (Wildman–Crippen MR) is 182 cm³/mol. The Labute approximate surface area is 252 Å². The summed E-state index contributed by atoms with van der Waals surface area (Å²) in [6, 6.07) is 40.9. The number of aryl methyl sites for hydroxylation is 2. The molecule has 0 bridgehead atoms. The second-order valence-corrected chi connectivity index (χ2v) is 12.4. The summed E-state index contributed by atoms with van der Waals surface area (Å²) in [6.45, 7) is 4.54. The Bertz CT molecular complexity index is 1340. The van der Waals surface area contributed by atoms with Crippen molar-refractivity contribution in [2.24, 2.45) is 0 Å². The van der Waals surface area contributed by atoms with E-state index < -0.39 is 0 Å². The molecule has 5 aromatic rings. The molecule has 1 aromatic heterocycles. The molecule has 0 saturated carbocycles. The van der Waals surface area contributed by atoms with Crippen molar-refractivity contribution >= 4 is 11.3 Å². The highest BCUT2D eigenvalue weighted by Gasteiger charge is 2.07. The van der Waals surface area contributed by atoms with Crippen LogP contribution in [0, 0.1) is 0 Å². The van der Waals surface area contributed by atoms with Gasteiger partial charge in [-0.2, -0.15) is 0 Å². The fourth-order valence-corrected chi connectivity index (χ4v) is 6.56. The van der Waals surface area contributed by atoms with Crippen LogP contribution in [0.5, 0.6) is 0 Å². The molecular formula is C40H44S. The molecule has 0 aliphatic carbocycles. The van der Waals surface area contributed by atoms with Gasteiger partial charge in [0.05, 0.1) is 0 Å². The summed E-state index contributed by atoms with van der Waals surface area (Å²) in [5, 5.41) is 0. The van der Waals surface area contributed by atoms with Crippen molar-refractivity contribution in [3.8, 4) is 43.1 Å². The van der Waals surface area contributed by atoms with E-state index in [-0.39, 0.29) is 0 Å². The highest BCUT2D eigenvalue weighted by Crippen LogP contribution is 2.36. The molecule has 0 fully saturated rings. The maximum atomic E-state index is 2.30. The lowest BCUT2D eigenvalue weighted by molar-refractivity contribution is 0.667. The predicted octanol–water partition coefficient (Wildman–Crippen LogP) is 12.7. The van der Waals surface area contributed by atoms with E-state index in [9.17, 15) is 0 Å². The third-order valence-electron chi connectivity index (χ3n) is 8.16. The number of thiophene rings is 1. The Morgan fingerprint density at radius 1 is 0.341 bits per heavy atom. The van der Waals surface area contributed by atoms with Gasteiger partial charge in [0.2, 0.25) is 0 Å². The number of unbranched alkanes of at least 4 members (excludes halogenated alkanes) is 6. The summed E-state index contributed by atoms with van der Waals surface area (Å²) in [6.07, 6.45) is 12.9. The smallest absolute Gasteiger partial charge is 0.0349 e. The zero-order valence-corrected chi connectivity index (χ0v) is 25.7. The molecule has 4 aromatic carbocycles. The molecule has 0 radical (unpaired) electrons. The Morgan fingerprint density at radius 2 is 0.659 bits per heavy atom. The van der Waals surface area contributed by atoms with Crippen LogP contribution in [-0.4, -0.2) is 0 Å². The standard InChI is InChI=1S/C40H44S/c1-3-5-7-9-11-31-13-17-33(18-14-31)35-21-25-37(26-22-35)39-29-30-40(41-39)38-27-23-36(24-28-38)34-19-15-32(16-20-34)12-10-8-6-4-2/h13-30H,3-12H2,1-2H3. The third-order valence-corrected chi connectivity index (χ3v) is 9.34. The topological polar surface area (TPSA) is 0 Å². The Kier molecular flexibility index (Phi) is 10.6. The first-order chi connectivity index (χ1) is 20.2. The number of hydrogen-bond acceptors (Lipinski definition) is 1. The Hall–Kier alpha value is -3.42. The second-order valence-electron chi connectivity index (χ2n) is 11.3. The molecule has 0 aliphatic heterocycles. The second kappa shape index (κ2) is 15.0. The van der Waals surface area contributed by atoms with Crippen LogP contribution in [0.25, 0.3) is 43.1 Å². The molecule has 210 valence electrons. The first kappa shape index (κ1) is 29.1. The van der Waals surface area contributed by atoms with E-state index in [0.29, 0.717) is 0 Å². The van der Waals surface area contributed by atoms with E-state index in [2.05, 4.69) is 123 Å². The SMILES string of the molecule is CCCCCCc1ccc(-c2ccc(-c3ccc(-c4ccc(-c5ccc(CCCCCC)cc5)cc4)s3)cc2)cc1. The molecule has 41 heavy (non-hydrogen) atoms. The van der Waals surface area contributed by atoms with E-state index in [4.69, 9.17) is 0 Å².